The van der Waals surface area contributed by atoms with Crippen molar-refractivity contribution in [2.75, 3.05) is 19.0 Å². The minimum Gasteiger partial charge on any atom is -0.347 e. The lowest BCUT2D eigenvalue weighted by atomic mass is 10.1. The number of hydrogen-bond donors (Lipinski definition) is 0. The Labute approximate surface area is 141 Å². The zero-order chi connectivity index (χ0) is 17.3. The van der Waals surface area contributed by atoms with Gasteiger partial charge in [0, 0.05) is 25.1 Å². The van der Waals surface area contributed by atoms with Gasteiger partial charge in [-0.05, 0) is 22.9 Å². The molecular weight excluding hydrogens is 335 g/mol. The zero-order valence-corrected chi connectivity index (χ0v) is 13.8. The minimum absolute atomic E-state index is 0.0353. The molecule has 3 nitrogen and oxygen atoms in total. The molecule has 0 saturated heterocycles. The Morgan fingerprint density at radius 1 is 0.917 bits per heavy atom. The number of anilines is 1. The van der Waals surface area contributed by atoms with E-state index in [0.29, 0.717) is 0 Å². The molecule has 0 aliphatic heterocycles. The lowest BCUT2D eigenvalue weighted by Gasteiger charge is -2.14. The van der Waals surface area contributed by atoms with Gasteiger partial charge >= 0.3 is 6.18 Å². The van der Waals surface area contributed by atoms with Gasteiger partial charge in [0.15, 0.2) is 5.69 Å². The number of halogens is 3. The lowest BCUT2D eigenvalue weighted by molar-refractivity contribution is -0.141. The predicted octanol–water partition coefficient (Wildman–Crippen LogP) is 4.87. The van der Waals surface area contributed by atoms with Gasteiger partial charge in [-0.3, -0.25) is 0 Å². The molecule has 0 saturated carbocycles. The summed E-state index contributed by atoms with van der Waals surface area (Å²) in [7, 11) is 3.22. The summed E-state index contributed by atoms with van der Waals surface area (Å²) >= 11 is 1.19. The van der Waals surface area contributed by atoms with Gasteiger partial charge < -0.3 is 4.90 Å². The van der Waals surface area contributed by atoms with Gasteiger partial charge in [-0.1, -0.05) is 42.1 Å². The lowest BCUT2D eigenvalue weighted by Crippen LogP contribution is -2.17. The van der Waals surface area contributed by atoms with E-state index < -0.39 is 11.9 Å². The van der Waals surface area contributed by atoms with Crippen LogP contribution in [0.5, 0.6) is 0 Å². The van der Waals surface area contributed by atoms with Crippen molar-refractivity contribution in [1.82, 2.24) is 9.97 Å². The van der Waals surface area contributed by atoms with E-state index in [9.17, 15) is 13.2 Å². The average Bonchev–Trinajstić information content (AvgIpc) is 2.53. The smallest absolute Gasteiger partial charge is 0.347 e. The van der Waals surface area contributed by atoms with Crippen molar-refractivity contribution in [3.8, 4) is 0 Å². The van der Waals surface area contributed by atoms with Crippen LogP contribution in [-0.2, 0) is 6.18 Å². The molecule has 24 heavy (non-hydrogen) atoms. The molecule has 1 heterocycles. The number of rotatable bonds is 3. The van der Waals surface area contributed by atoms with Gasteiger partial charge in [-0.15, -0.1) is 0 Å². The second-order valence-electron chi connectivity index (χ2n) is 5.39. The fourth-order valence-electron chi connectivity index (χ4n) is 2.16. The molecule has 2 aromatic carbocycles. The molecule has 124 valence electrons. The van der Waals surface area contributed by atoms with Gasteiger partial charge in [0.2, 0.25) is 5.95 Å². The van der Waals surface area contributed by atoms with E-state index >= 15 is 0 Å². The molecule has 0 aliphatic rings. The topological polar surface area (TPSA) is 29.0 Å². The average molecular weight is 349 g/mol. The van der Waals surface area contributed by atoms with Crippen LogP contribution in [0.25, 0.3) is 10.8 Å². The van der Waals surface area contributed by atoms with Crippen LogP contribution in [0.1, 0.15) is 5.69 Å². The van der Waals surface area contributed by atoms with Crippen LogP contribution in [0.3, 0.4) is 0 Å². The van der Waals surface area contributed by atoms with E-state index in [2.05, 4.69) is 9.97 Å². The van der Waals surface area contributed by atoms with Crippen molar-refractivity contribution in [1.29, 1.82) is 0 Å². The van der Waals surface area contributed by atoms with Crippen LogP contribution in [0.15, 0.2) is 58.5 Å². The summed E-state index contributed by atoms with van der Waals surface area (Å²) in [5.74, 6) is 0.0353. The molecule has 3 aromatic rings. The number of aromatic nitrogens is 2. The number of nitrogens with zero attached hydrogens (tertiary/aromatic N) is 3. The predicted molar refractivity (Wildman–Crippen MR) is 89.4 cm³/mol. The summed E-state index contributed by atoms with van der Waals surface area (Å²) in [5, 5.41) is 2.37. The number of benzene rings is 2. The largest absolute Gasteiger partial charge is 0.433 e. The summed E-state index contributed by atoms with van der Waals surface area (Å²) in [4.78, 5) is 10.1. The first kappa shape index (κ1) is 16.6. The third-order valence-corrected chi connectivity index (χ3v) is 4.23. The standard InChI is InChI=1S/C17H14F3N3S/c1-23(2)16-21-14(17(18,19)20)10-15(22-16)24-13-8-7-11-5-3-4-6-12(11)9-13/h3-10H,1-2H3. The van der Waals surface area contributed by atoms with Crippen LogP contribution < -0.4 is 4.90 Å². The molecule has 0 fully saturated rings. The molecule has 7 heteroatoms. The first-order chi connectivity index (χ1) is 11.3. The summed E-state index contributed by atoms with van der Waals surface area (Å²) in [6, 6.07) is 14.5. The van der Waals surface area contributed by atoms with Crippen LogP contribution >= 0.6 is 11.8 Å². The molecule has 1 aromatic heterocycles. The second kappa shape index (κ2) is 6.32. The normalized spacial score (nSPS) is 11.7. The summed E-state index contributed by atoms with van der Waals surface area (Å²) in [6.45, 7) is 0. The Morgan fingerprint density at radius 2 is 1.62 bits per heavy atom. The van der Waals surface area contributed by atoms with Crippen molar-refractivity contribution in [3.05, 3.63) is 54.2 Å². The van der Waals surface area contributed by atoms with Crippen molar-refractivity contribution < 1.29 is 13.2 Å². The fourth-order valence-corrected chi connectivity index (χ4v) is 3.02. The minimum atomic E-state index is -4.51. The van der Waals surface area contributed by atoms with Crippen molar-refractivity contribution >= 4 is 28.5 Å². The van der Waals surface area contributed by atoms with E-state index in [0.717, 1.165) is 21.7 Å². The number of hydrogen-bond acceptors (Lipinski definition) is 4. The maximum atomic E-state index is 13.0. The Balaban J connectivity index is 1.99. The highest BCUT2D eigenvalue weighted by atomic mass is 32.2. The van der Waals surface area contributed by atoms with Gasteiger partial charge in [-0.25, -0.2) is 9.97 Å². The Morgan fingerprint density at radius 3 is 2.29 bits per heavy atom. The molecule has 0 atom stereocenters. The molecule has 0 N–H and O–H groups in total. The monoisotopic (exact) mass is 349 g/mol. The van der Waals surface area contributed by atoms with E-state index in [1.807, 2.05) is 42.5 Å². The SMILES string of the molecule is CN(C)c1nc(Sc2ccc3ccccc3c2)cc(C(F)(F)F)n1. The second-order valence-corrected chi connectivity index (χ2v) is 6.49. The van der Waals surface area contributed by atoms with E-state index in [-0.39, 0.29) is 11.0 Å². The van der Waals surface area contributed by atoms with Gasteiger partial charge in [-0.2, -0.15) is 13.2 Å². The quantitative estimate of drug-likeness (QED) is 0.631. The maximum Gasteiger partial charge on any atom is 0.433 e. The third-order valence-electron chi connectivity index (χ3n) is 3.32. The Kier molecular flexibility index (Phi) is 4.36. The fraction of sp³-hybridized carbons (Fsp3) is 0.176. The number of alkyl halides is 3. The summed E-state index contributed by atoms with van der Waals surface area (Å²) in [5.41, 5.74) is -0.940. The maximum absolute atomic E-state index is 13.0. The summed E-state index contributed by atoms with van der Waals surface area (Å²) < 4.78 is 39.1. The molecule has 0 spiro atoms. The highest BCUT2D eigenvalue weighted by Gasteiger charge is 2.34. The van der Waals surface area contributed by atoms with Crippen LogP contribution in [0.2, 0.25) is 0 Å². The first-order valence-electron chi connectivity index (χ1n) is 7.13. The molecule has 0 unspecified atom stereocenters. The highest BCUT2D eigenvalue weighted by Crippen LogP contribution is 2.34. The van der Waals surface area contributed by atoms with Crippen LogP contribution in [-0.4, -0.2) is 24.1 Å². The van der Waals surface area contributed by atoms with Crippen molar-refractivity contribution in [2.45, 2.75) is 16.1 Å². The first-order valence-corrected chi connectivity index (χ1v) is 7.95. The molecule has 0 aliphatic carbocycles. The Hall–Kier alpha value is -2.28. The molecule has 3 rings (SSSR count). The van der Waals surface area contributed by atoms with E-state index in [1.165, 1.54) is 16.7 Å². The van der Waals surface area contributed by atoms with Gasteiger partial charge in [0.1, 0.15) is 5.03 Å². The molecule has 0 amide bonds. The third kappa shape index (κ3) is 3.62. The molecule has 0 radical (unpaired) electrons. The molecular formula is C17H14F3N3S. The Bertz CT molecular complexity index is 878. The van der Waals surface area contributed by atoms with E-state index in [1.54, 1.807) is 14.1 Å². The zero-order valence-electron chi connectivity index (χ0n) is 13.0. The van der Waals surface area contributed by atoms with Crippen molar-refractivity contribution in [2.24, 2.45) is 0 Å². The molecule has 0 bridgehead atoms. The van der Waals surface area contributed by atoms with E-state index in [4.69, 9.17) is 0 Å². The van der Waals surface area contributed by atoms with Crippen LogP contribution in [0, 0.1) is 0 Å². The van der Waals surface area contributed by atoms with Gasteiger partial charge in [0.05, 0.1) is 0 Å². The van der Waals surface area contributed by atoms with Gasteiger partial charge in [0.25, 0.3) is 0 Å². The summed E-state index contributed by atoms with van der Waals surface area (Å²) in [6.07, 6.45) is -4.51. The highest BCUT2D eigenvalue weighted by molar-refractivity contribution is 7.99. The number of fused-ring (bicyclic) bond motifs is 1. The van der Waals surface area contributed by atoms with Crippen molar-refractivity contribution in [3.63, 3.8) is 0 Å². The van der Waals surface area contributed by atoms with Crippen LogP contribution in [0.4, 0.5) is 19.1 Å².